The van der Waals surface area contributed by atoms with Crippen molar-refractivity contribution in [1.82, 2.24) is 0 Å². The Labute approximate surface area is 104 Å². The zero-order chi connectivity index (χ0) is 11.9. The van der Waals surface area contributed by atoms with Crippen molar-refractivity contribution in [2.45, 2.75) is 0 Å². The van der Waals surface area contributed by atoms with Gasteiger partial charge < -0.3 is 15.1 Å². The van der Waals surface area contributed by atoms with Crippen molar-refractivity contribution in [2.24, 2.45) is 0 Å². The van der Waals surface area contributed by atoms with Gasteiger partial charge in [-0.3, -0.25) is 0 Å². The summed E-state index contributed by atoms with van der Waals surface area (Å²) in [4.78, 5) is 0. The van der Waals surface area contributed by atoms with Crippen LogP contribution in [0.4, 0.5) is 11.4 Å². The third-order valence-electron chi connectivity index (χ3n) is 3.39. The van der Waals surface area contributed by atoms with Crippen LogP contribution in [-0.2, 0) is 0 Å². The highest BCUT2D eigenvalue weighted by Gasteiger charge is 2.16. The SMILES string of the molecule is c1cc2c(c(-c3cccc4occc34)c1)NCN2. The molecule has 18 heavy (non-hydrogen) atoms. The molecule has 3 nitrogen and oxygen atoms in total. The van der Waals surface area contributed by atoms with Gasteiger partial charge in [-0.25, -0.2) is 0 Å². The summed E-state index contributed by atoms with van der Waals surface area (Å²) >= 11 is 0. The van der Waals surface area contributed by atoms with Crippen molar-refractivity contribution in [3.05, 3.63) is 48.7 Å². The topological polar surface area (TPSA) is 37.2 Å². The van der Waals surface area contributed by atoms with Gasteiger partial charge in [0.1, 0.15) is 5.58 Å². The van der Waals surface area contributed by atoms with Gasteiger partial charge in [-0.15, -0.1) is 0 Å². The number of anilines is 2. The molecule has 1 aliphatic heterocycles. The summed E-state index contributed by atoms with van der Waals surface area (Å²) in [6.45, 7) is 0.785. The van der Waals surface area contributed by atoms with E-state index in [0.717, 1.165) is 23.3 Å². The molecule has 2 N–H and O–H groups in total. The lowest BCUT2D eigenvalue weighted by atomic mass is 9.99. The molecule has 0 saturated heterocycles. The van der Waals surface area contributed by atoms with Gasteiger partial charge in [0.05, 0.1) is 24.3 Å². The van der Waals surface area contributed by atoms with Crippen molar-refractivity contribution in [3.8, 4) is 11.1 Å². The predicted molar refractivity (Wildman–Crippen MR) is 73.8 cm³/mol. The van der Waals surface area contributed by atoms with Gasteiger partial charge in [-0.1, -0.05) is 24.3 Å². The van der Waals surface area contributed by atoms with Crippen molar-refractivity contribution in [2.75, 3.05) is 17.3 Å². The van der Waals surface area contributed by atoms with E-state index < -0.39 is 0 Å². The first-order valence-electron chi connectivity index (χ1n) is 6.01. The third kappa shape index (κ3) is 1.24. The number of para-hydroxylation sites is 1. The molecule has 0 bridgehead atoms. The van der Waals surface area contributed by atoms with Crippen LogP contribution in [0, 0.1) is 0 Å². The molecule has 0 spiro atoms. The van der Waals surface area contributed by atoms with Crippen LogP contribution in [0.15, 0.2) is 53.1 Å². The summed E-state index contributed by atoms with van der Waals surface area (Å²) in [5.74, 6) is 0. The molecule has 1 aliphatic rings. The van der Waals surface area contributed by atoms with Gasteiger partial charge in [0.2, 0.25) is 0 Å². The van der Waals surface area contributed by atoms with Gasteiger partial charge in [-0.2, -0.15) is 0 Å². The van der Waals surface area contributed by atoms with E-state index in [2.05, 4.69) is 34.9 Å². The van der Waals surface area contributed by atoms with Gasteiger partial charge >= 0.3 is 0 Å². The first kappa shape index (κ1) is 9.59. The second-order valence-corrected chi connectivity index (χ2v) is 4.40. The summed E-state index contributed by atoms with van der Waals surface area (Å²) in [5, 5.41) is 7.85. The lowest BCUT2D eigenvalue weighted by Gasteiger charge is -2.08. The fourth-order valence-electron chi connectivity index (χ4n) is 2.57. The van der Waals surface area contributed by atoms with E-state index in [1.807, 2.05) is 18.2 Å². The Bertz CT molecular complexity index is 730. The van der Waals surface area contributed by atoms with Gasteiger partial charge in [0.25, 0.3) is 0 Å². The maximum absolute atomic E-state index is 5.46. The maximum atomic E-state index is 5.46. The highest BCUT2D eigenvalue weighted by atomic mass is 16.3. The van der Waals surface area contributed by atoms with Crippen LogP contribution in [0.1, 0.15) is 0 Å². The van der Waals surface area contributed by atoms with Crippen molar-refractivity contribution in [1.29, 1.82) is 0 Å². The van der Waals surface area contributed by atoms with E-state index in [4.69, 9.17) is 4.42 Å². The van der Waals surface area contributed by atoms with Crippen LogP contribution < -0.4 is 10.6 Å². The minimum Gasteiger partial charge on any atom is -0.464 e. The van der Waals surface area contributed by atoms with Crippen LogP contribution in [0.2, 0.25) is 0 Å². The standard InChI is InChI=1S/C15H12N2O/c1-4-12(15-13(5-1)16-9-17-15)10-3-2-6-14-11(10)7-8-18-14/h1-8,16-17H,9H2. The van der Waals surface area contributed by atoms with Crippen molar-refractivity contribution >= 4 is 22.3 Å². The number of nitrogens with one attached hydrogen (secondary N) is 2. The summed E-state index contributed by atoms with van der Waals surface area (Å²) in [6.07, 6.45) is 1.74. The summed E-state index contributed by atoms with van der Waals surface area (Å²) in [5.41, 5.74) is 5.68. The van der Waals surface area contributed by atoms with Crippen LogP contribution in [0.5, 0.6) is 0 Å². The number of benzene rings is 2. The molecule has 88 valence electrons. The van der Waals surface area contributed by atoms with Crippen LogP contribution in [-0.4, -0.2) is 6.67 Å². The van der Waals surface area contributed by atoms with E-state index in [1.165, 1.54) is 16.8 Å². The lowest BCUT2D eigenvalue weighted by Crippen LogP contribution is -1.99. The van der Waals surface area contributed by atoms with Gasteiger partial charge in [0.15, 0.2) is 0 Å². The lowest BCUT2D eigenvalue weighted by molar-refractivity contribution is 0.616. The average molecular weight is 236 g/mol. The fraction of sp³-hybridized carbons (Fsp3) is 0.0667. The van der Waals surface area contributed by atoms with E-state index >= 15 is 0 Å². The smallest absolute Gasteiger partial charge is 0.134 e. The van der Waals surface area contributed by atoms with Gasteiger partial charge in [-0.05, 0) is 23.8 Å². The Balaban J connectivity index is 2.03. The Morgan fingerprint density at radius 3 is 2.78 bits per heavy atom. The Kier molecular flexibility index (Phi) is 1.88. The minimum absolute atomic E-state index is 0.785. The number of hydrogen-bond donors (Lipinski definition) is 2. The molecule has 1 aromatic heterocycles. The Hall–Kier alpha value is -2.42. The molecule has 3 heteroatoms. The second kappa shape index (κ2) is 3.53. The minimum atomic E-state index is 0.785. The first-order valence-corrected chi connectivity index (χ1v) is 6.01. The average Bonchev–Trinajstić information content (AvgIpc) is 3.06. The molecule has 0 unspecified atom stereocenters. The summed E-state index contributed by atoms with van der Waals surface area (Å²) in [6, 6.07) is 14.5. The van der Waals surface area contributed by atoms with E-state index in [0.29, 0.717) is 0 Å². The Morgan fingerprint density at radius 2 is 1.78 bits per heavy atom. The molecule has 0 radical (unpaired) electrons. The largest absolute Gasteiger partial charge is 0.464 e. The molecule has 0 atom stereocenters. The first-order chi connectivity index (χ1) is 8.93. The second-order valence-electron chi connectivity index (χ2n) is 4.40. The molecule has 0 amide bonds. The number of rotatable bonds is 1. The highest BCUT2D eigenvalue weighted by molar-refractivity contribution is 6.00. The highest BCUT2D eigenvalue weighted by Crippen LogP contribution is 2.39. The van der Waals surface area contributed by atoms with E-state index in [9.17, 15) is 0 Å². The molecule has 0 saturated carbocycles. The van der Waals surface area contributed by atoms with Crippen molar-refractivity contribution in [3.63, 3.8) is 0 Å². The monoisotopic (exact) mass is 236 g/mol. The zero-order valence-corrected chi connectivity index (χ0v) is 9.73. The van der Waals surface area contributed by atoms with E-state index in [-0.39, 0.29) is 0 Å². The molecule has 4 rings (SSSR count). The van der Waals surface area contributed by atoms with Crippen LogP contribution in [0.25, 0.3) is 22.1 Å². The molecule has 0 fully saturated rings. The van der Waals surface area contributed by atoms with Crippen molar-refractivity contribution < 1.29 is 4.42 Å². The number of furan rings is 1. The van der Waals surface area contributed by atoms with Crippen LogP contribution in [0.3, 0.4) is 0 Å². The normalized spacial score (nSPS) is 13.1. The van der Waals surface area contributed by atoms with Crippen LogP contribution >= 0.6 is 0 Å². The Morgan fingerprint density at radius 1 is 0.889 bits per heavy atom. The molecule has 0 aliphatic carbocycles. The molecule has 2 aromatic carbocycles. The number of hydrogen-bond acceptors (Lipinski definition) is 3. The molecule has 3 aromatic rings. The molecular weight excluding hydrogens is 224 g/mol. The predicted octanol–water partition coefficient (Wildman–Crippen LogP) is 3.89. The summed E-state index contributed by atoms with van der Waals surface area (Å²) < 4.78 is 5.46. The fourth-order valence-corrected chi connectivity index (χ4v) is 2.57. The third-order valence-corrected chi connectivity index (χ3v) is 3.39. The maximum Gasteiger partial charge on any atom is 0.134 e. The zero-order valence-electron chi connectivity index (χ0n) is 9.73. The van der Waals surface area contributed by atoms with E-state index in [1.54, 1.807) is 6.26 Å². The number of fused-ring (bicyclic) bond motifs is 2. The quantitative estimate of drug-likeness (QED) is 0.673. The molecular formula is C15H12N2O. The van der Waals surface area contributed by atoms with Gasteiger partial charge in [0, 0.05) is 10.9 Å². The molecule has 2 heterocycles. The summed E-state index contributed by atoms with van der Waals surface area (Å²) in [7, 11) is 0.